The Kier molecular flexibility index (Phi) is 5.85. The van der Waals surface area contributed by atoms with E-state index >= 15 is 0 Å². The largest absolute Gasteiger partial charge is 0.493 e. The first-order chi connectivity index (χ1) is 11.8. The summed E-state index contributed by atoms with van der Waals surface area (Å²) in [6.45, 7) is 6.39. The fourth-order valence-corrected chi connectivity index (χ4v) is 2.26. The molecule has 0 aliphatic rings. The minimum atomic E-state index is -0.284. The molecule has 0 spiro atoms. The molecule has 0 saturated heterocycles. The maximum absolute atomic E-state index is 12.2. The number of anilines is 1. The van der Waals surface area contributed by atoms with Crippen LogP contribution in [0.25, 0.3) is 0 Å². The standard InChI is InChI=1S/C19H25N3O3/c1-19(2,3)22-18(23)14-8-9-20-17(11-14)21-12-13-6-7-15(24-4)16(10-13)25-5/h6-11H,12H2,1-5H3,(H,20,21)(H,22,23). The molecule has 1 heterocycles. The Morgan fingerprint density at radius 1 is 1.08 bits per heavy atom. The number of carbonyl (C=O) groups is 1. The predicted octanol–water partition coefficient (Wildman–Crippen LogP) is 3.24. The van der Waals surface area contributed by atoms with Crippen molar-refractivity contribution in [3.63, 3.8) is 0 Å². The van der Waals surface area contributed by atoms with Crippen molar-refractivity contribution in [1.82, 2.24) is 10.3 Å². The van der Waals surface area contributed by atoms with Crippen LogP contribution < -0.4 is 20.1 Å². The van der Waals surface area contributed by atoms with Gasteiger partial charge in [0.25, 0.3) is 5.91 Å². The molecule has 1 aromatic carbocycles. The van der Waals surface area contributed by atoms with Crippen molar-refractivity contribution in [3.8, 4) is 11.5 Å². The maximum Gasteiger partial charge on any atom is 0.251 e. The molecule has 0 unspecified atom stereocenters. The molecule has 25 heavy (non-hydrogen) atoms. The second-order valence-electron chi connectivity index (χ2n) is 6.68. The van der Waals surface area contributed by atoms with Crippen molar-refractivity contribution < 1.29 is 14.3 Å². The third-order valence-corrected chi connectivity index (χ3v) is 3.43. The molecular weight excluding hydrogens is 318 g/mol. The summed E-state index contributed by atoms with van der Waals surface area (Å²) >= 11 is 0. The summed E-state index contributed by atoms with van der Waals surface area (Å²) in [5.41, 5.74) is 1.30. The van der Waals surface area contributed by atoms with E-state index in [2.05, 4.69) is 15.6 Å². The van der Waals surface area contributed by atoms with Gasteiger partial charge in [0.1, 0.15) is 5.82 Å². The van der Waals surface area contributed by atoms with E-state index in [1.165, 1.54) is 0 Å². The Hall–Kier alpha value is -2.76. The van der Waals surface area contributed by atoms with E-state index in [-0.39, 0.29) is 11.4 Å². The molecule has 2 rings (SSSR count). The van der Waals surface area contributed by atoms with E-state index in [4.69, 9.17) is 9.47 Å². The van der Waals surface area contributed by atoms with Crippen LogP contribution in [0.4, 0.5) is 5.82 Å². The number of hydrogen-bond acceptors (Lipinski definition) is 5. The topological polar surface area (TPSA) is 72.5 Å². The number of nitrogens with zero attached hydrogens (tertiary/aromatic N) is 1. The number of amides is 1. The van der Waals surface area contributed by atoms with Gasteiger partial charge in [0, 0.05) is 23.8 Å². The number of rotatable bonds is 6. The molecule has 0 atom stereocenters. The SMILES string of the molecule is COc1ccc(CNc2cc(C(=O)NC(C)(C)C)ccn2)cc1OC. The smallest absolute Gasteiger partial charge is 0.251 e. The lowest BCUT2D eigenvalue weighted by atomic mass is 10.1. The summed E-state index contributed by atoms with van der Waals surface area (Å²) in [4.78, 5) is 16.5. The maximum atomic E-state index is 12.2. The van der Waals surface area contributed by atoms with Crippen LogP contribution >= 0.6 is 0 Å². The zero-order chi connectivity index (χ0) is 18.4. The minimum Gasteiger partial charge on any atom is -0.493 e. The van der Waals surface area contributed by atoms with Crippen molar-refractivity contribution >= 4 is 11.7 Å². The minimum absolute atomic E-state index is 0.121. The number of aromatic nitrogens is 1. The number of carbonyl (C=O) groups excluding carboxylic acids is 1. The molecule has 0 radical (unpaired) electrons. The molecule has 0 aliphatic heterocycles. The fourth-order valence-electron chi connectivity index (χ4n) is 2.26. The van der Waals surface area contributed by atoms with Gasteiger partial charge in [-0.2, -0.15) is 0 Å². The van der Waals surface area contributed by atoms with Gasteiger partial charge in [-0.05, 0) is 50.6 Å². The molecule has 0 fully saturated rings. The number of pyridine rings is 1. The summed E-state index contributed by atoms with van der Waals surface area (Å²) in [7, 11) is 3.21. The number of methoxy groups -OCH3 is 2. The zero-order valence-corrected chi connectivity index (χ0v) is 15.3. The van der Waals surface area contributed by atoms with Gasteiger partial charge in [-0.3, -0.25) is 4.79 Å². The fraction of sp³-hybridized carbons (Fsp3) is 0.368. The van der Waals surface area contributed by atoms with Crippen LogP contribution in [-0.4, -0.2) is 30.6 Å². The molecular formula is C19H25N3O3. The van der Waals surface area contributed by atoms with Crippen LogP contribution in [-0.2, 0) is 6.54 Å². The van der Waals surface area contributed by atoms with Crippen LogP contribution in [0, 0.1) is 0 Å². The van der Waals surface area contributed by atoms with Crippen molar-refractivity contribution in [2.75, 3.05) is 19.5 Å². The highest BCUT2D eigenvalue weighted by atomic mass is 16.5. The summed E-state index contributed by atoms with van der Waals surface area (Å²) in [5, 5.41) is 6.16. The Morgan fingerprint density at radius 3 is 2.44 bits per heavy atom. The first-order valence-electron chi connectivity index (χ1n) is 8.06. The molecule has 6 nitrogen and oxygen atoms in total. The molecule has 2 aromatic rings. The van der Waals surface area contributed by atoms with Gasteiger partial charge in [-0.1, -0.05) is 6.07 Å². The number of hydrogen-bond donors (Lipinski definition) is 2. The van der Waals surface area contributed by atoms with Crippen LogP contribution in [0.2, 0.25) is 0 Å². The molecule has 1 amide bonds. The number of nitrogens with one attached hydrogen (secondary N) is 2. The van der Waals surface area contributed by atoms with Gasteiger partial charge in [-0.25, -0.2) is 4.98 Å². The third kappa shape index (κ3) is 5.38. The van der Waals surface area contributed by atoms with Crippen molar-refractivity contribution in [3.05, 3.63) is 47.7 Å². The van der Waals surface area contributed by atoms with Crippen molar-refractivity contribution in [1.29, 1.82) is 0 Å². The van der Waals surface area contributed by atoms with Crippen LogP contribution in [0.15, 0.2) is 36.5 Å². The molecule has 1 aromatic heterocycles. The van der Waals surface area contributed by atoms with Gasteiger partial charge in [0.05, 0.1) is 14.2 Å². The van der Waals surface area contributed by atoms with E-state index < -0.39 is 0 Å². The van der Waals surface area contributed by atoms with Gasteiger partial charge >= 0.3 is 0 Å². The van der Waals surface area contributed by atoms with E-state index in [0.717, 1.165) is 5.56 Å². The lowest BCUT2D eigenvalue weighted by Gasteiger charge is -2.20. The van der Waals surface area contributed by atoms with Crippen LogP contribution in [0.1, 0.15) is 36.7 Å². The highest BCUT2D eigenvalue weighted by Crippen LogP contribution is 2.27. The first kappa shape index (κ1) is 18.6. The number of ether oxygens (including phenoxy) is 2. The highest BCUT2D eigenvalue weighted by Gasteiger charge is 2.15. The summed E-state index contributed by atoms with van der Waals surface area (Å²) in [6, 6.07) is 9.15. The second-order valence-corrected chi connectivity index (χ2v) is 6.68. The normalized spacial score (nSPS) is 10.9. The van der Waals surface area contributed by atoms with E-state index in [9.17, 15) is 4.79 Å². The lowest BCUT2D eigenvalue weighted by molar-refractivity contribution is 0.0919. The Morgan fingerprint density at radius 2 is 1.80 bits per heavy atom. The molecule has 0 saturated carbocycles. The second kappa shape index (κ2) is 7.88. The highest BCUT2D eigenvalue weighted by molar-refractivity contribution is 5.95. The summed E-state index contributed by atoms with van der Waals surface area (Å²) in [6.07, 6.45) is 1.62. The summed E-state index contributed by atoms with van der Waals surface area (Å²) < 4.78 is 10.5. The third-order valence-electron chi connectivity index (χ3n) is 3.43. The van der Waals surface area contributed by atoms with Gasteiger partial charge in [0.15, 0.2) is 11.5 Å². The lowest BCUT2D eigenvalue weighted by Crippen LogP contribution is -2.40. The first-order valence-corrected chi connectivity index (χ1v) is 8.06. The summed E-state index contributed by atoms with van der Waals surface area (Å²) in [5.74, 6) is 1.87. The Labute approximate surface area is 148 Å². The quantitative estimate of drug-likeness (QED) is 0.842. The Balaban J connectivity index is 2.06. The predicted molar refractivity (Wildman–Crippen MR) is 98.3 cm³/mol. The monoisotopic (exact) mass is 343 g/mol. The van der Waals surface area contributed by atoms with E-state index in [1.807, 2.05) is 39.0 Å². The average molecular weight is 343 g/mol. The van der Waals surface area contributed by atoms with Gasteiger partial charge in [-0.15, -0.1) is 0 Å². The molecule has 6 heteroatoms. The van der Waals surface area contributed by atoms with Gasteiger partial charge in [0.2, 0.25) is 0 Å². The zero-order valence-electron chi connectivity index (χ0n) is 15.3. The van der Waals surface area contributed by atoms with Crippen LogP contribution in [0.3, 0.4) is 0 Å². The van der Waals surface area contributed by atoms with Crippen molar-refractivity contribution in [2.45, 2.75) is 32.9 Å². The number of benzene rings is 1. The Bertz CT molecular complexity index is 739. The average Bonchev–Trinajstić information content (AvgIpc) is 2.58. The molecule has 0 bridgehead atoms. The van der Waals surface area contributed by atoms with Crippen molar-refractivity contribution in [2.24, 2.45) is 0 Å². The molecule has 0 aliphatic carbocycles. The van der Waals surface area contributed by atoms with E-state index in [0.29, 0.717) is 29.4 Å². The van der Waals surface area contributed by atoms with Gasteiger partial charge < -0.3 is 20.1 Å². The molecule has 2 N–H and O–H groups in total. The molecule has 134 valence electrons. The van der Waals surface area contributed by atoms with E-state index in [1.54, 1.807) is 32.5 Å². The van der Waals surface area contributed by atoms with Crippen LogP contribution in [0.5, 0.6) is 11.5 Å².